The lowest BCUT2D eigenvalue weighted by molar-refractivity contribution is 0.0697. The molecule has 0 spiro atoms. The molecule has 2 N–H and O–H groups in total. The van der Waals surface area contributed by atoms with Gasteiger partial charge >= 0.3 is 5.97 Å². The van der Waals surface area contributed by atoms with Crippen LogP contribution in [0.1, 0.15) is 16.2 Å². The topological polar surface area (TPSA) is 80.0 Å². The third-order valence-corrected chi connectivity index (χ3v) is 2.60. The predicted molar refractivity (Wildman–Crippen MR) is 66.6 cm³/mol. The number of aromatic nitrogens is 3. The molecule has 0 atom stereocenters. The summed E-state index contributed by atoms with van der Waals surface area (Å²) in [6, 6.07) is 3.13. The Labute approximate surface area is 104 Å². The molecule has 0 aliphatic carbocycles. The van der Waals surface area contributed by atoms with Gasteiger partial charge in [-0.15, -0.1) is 0 Å². The predicted octanol–water partition coefficient (Wildman–Crippen LogP) is 1.17. The van der Waals surface area contributed by atoms with E-state index in [2.05, 4.69) is 15.3 Å². The fraction of sp³-hybridized carbons (Fsp3) is 0.250. The van der Waals surface area contributed by atoms with Crippen molar-refractivity contribution < 1.29 is 9.90 Å². The van der Waals surface area contributed by atoms with Gasteiger partial charge in [-0.1, -0.05) is 0 Å². The zero-order valence-corrected chi connectivity index (χ0v) is 10.00. The average molecular weight is 246 g/mol. The fourth-order valence-corrected chi connectivity index (χ4v) is 1.65. The molecular formula is C12H14N4O2. The molecule has 0 amide bonds. The van der Waals surface area contributed by atoms with Crippen LogP contribution in [0.4, 0.5) is 5.82 Å². The summed E-state index contributed by atoms with van der Waals surface area (Å²) in [7, 11) is 1.92. The summed E-state index contributed by atoms with van der Waals surface area (Å²) in [5.74, 6) is 0.345. The Balaban J connectivity index is 1.99. The first-order valence-electron chi connectivity index (χ1n) is 5.57. The molecule has 2 heterocycles. The highest BCUT2D eigenvalue weighted by Crippen LogP contribution is 2.11. The van der Waals surface area contributed by atoms with Crippen LogP contribution in [0.5, 0.6) is 0 Å². The van der Waals surface area contributed by atoms with Gasteiger partial charge in [0.25, 0.3) is 0 Å². The minimum absolute atomic E-state index is 0.178. The Bertz CT molecular complexity index is 551. The molecule has 0 radical (unpaired) electrons. The highest BCUT2D eigenvalue weighted by atomic mass is 16.4. The first kappa shape index (κ1) is 12.1. The van der Waals surface area contributed by atoms with Gasteiger partial charge in [-0.05, 0) is 12.1 Å². The maximum Gasteiger partial charge on any atom is 0.339 e. The van der Waals surface area contributed by atoms with Crippen molar-refractivity contribution in [1.82, 2.24) is 14.5 Å². The van der Waals surface area contributed by atoms with Crippen molar-refractivity contribution in [3.05, 3.63) is 42.1 Å². The zero-order valence-electron chi connectivity index (χ0n) is 10.00. The molecule has 6 nitrogen and oxygen atoms in total. The molecule has 0 aliphatic heterocycles. The van der Waals surface area contributed by atoms with E-state index in [0.717, 1.165) is 5.82 Å². The largest absolute Gasteiger partial charge is 0.478 e. The molecule has 0 aromatic carbocycles. The van der Waals surface area contributed by atoms with E-state index in [-0.39, 0.29) is 5.56 Å². The van der Waals surface area contributed by atoms with E-state index < -0.39 is 5.97 Å². The number of aromatic carboxylic acids is 1. The van der Waals surface area contributed by atoms with Gasteiger partial charge in [0, 0.05) is 38.6 Å². The number of carboxylic acids is 1. The van der Waals surface area contributed by atoms with E-state index in [0.29, 0.717) is 18.8 Å². The molecule has 94 valence electrons. The number of pyridine rings is 1. The summed E-state index contributed by atoms with van der Waals surface area (Å²) in [6.07, 6.45) is 5.88. The van der Waals surface area contributed by atoms with Gasteiger partial charge in [-0.3, -0.25) is 0 Å². The second-order valence-corrected chi connectivity index (χ2v) is 3.84. The monoisotopic (exact) mass is 246 g/mol. The van der Waals surface area contributed by atoms with Crippen LogP contribution in [0.3, 0.4) is 0 Å². The summed E-state index contributed by atoms with van der Waals surface area (Å²) in [5.41, 5.74) is 0.178. The van der Waals surface area contributed by atoms with Crippen molar-refractivity contribution in [1.29, 1.82) is 0 Å². The molecule has 0 saturated carbocycles. The van der Waals surface area contributed by atoms with Crippen LogP contribution < -0.4 is 5.32 Å². The Morgan fingerprint density at radius 3 is 2.94 bits per heavy atom. The minimum atomic E-state index is -0.984. The molecule has 0 fully saturated rings. The van der Waals surface area contributed by atoms with E-state index >= 15 is 0 Å². The van der Waals surface area contributed by atoms with Crippen molar-refractivity contribution in [2.75, 3.05) is 11.9 Å². The lowest BCUT2D eigenvalue weighted by Gasteiger charge is -2.07. The van der Waals surface area contributed by atoms with E-state index in [1.807, 2.05) is 17.8 Å². The number of anilines is 1. The number of imidazole rings is 1. The summed E-state index contributed by atoms with van der Waals surface area (Å²) in [5, 5.41) is 12.0. The number of carbonyl (C=O) groups is 1. The first-order valence-corrected chi connectivity index (χ1v) is 5.57. The third kappa shape index (κ3) is 2.65. The van der Waals surface area contributed by atoms with Crippen LogP contribution in [0, 0.1) is 0 Å². The maximum atomic E-state index is 11.0. The lowest BCUT2D eigenvalue weighted by atomic mass is 10.2. The standard InChI is InChI=1S/C12H14N4O2/c1-16-8-7-13-10(16)4-6-15-11-9(12(17)18)3-2-5-14-11/h2-3,5,7-8H,4,6H2,1H3,(H,14,15)(H,17,18). The Kier molecular flexibility index (Phi) is 3.57. The smallest absolute Gasteiger partial charge is 0.339 e. The second-order valence-electron chi connectivity index (χ2n) is 3.84. The molecule has 0 bridgehead atoms. The van der Waals surface area contributed by atoms with Gasteiger partial charge in [-0.2, -0.15) is 0 Å². The normalized spacial score (nSPS) is 10.3. The van der Waals surface area contributed by atoms with Crippen molar-refractivity contribution in [2.45, 2.75) is 6.42 Å². The molecule has 0 unspecified atom stereocenters. The zero-order chi connectivity index (χ0) is 13.0. The number of carboxylic acid groups (broad SMARTS) is 1. The van der Waals surface area contributed by atoms with Crippen molar-refractivity contribution in [3.8, 4) is 0 Å². The van der Waals surface area contributed by atoms with E-state index in [9.17, 15) is 4.79 Å². The molecule has 6 heteroatoms. The number of rotatable bonds is 5. The van der Waals surface area contributed by atoms with Gasteiger partial charge in [0.15, 0.2) is 0 Å². The molecular weight excluding hydrogens is 232 g/mol. The highest BCUT2D eigenvalue weighted by Gasteiger charge is 2.09. The quantitative estimate of drug-likeness (QED) is 0.827. The van der Waals surface area contributed by atoms with Crippen LogP contribution in [0.2, 0.25) is 0 Å². The number of aryl methyl sites for hydroxylation is 1. The van der Waals surface area contributed by atoms with E-state index in [1.165, 1.54) is 6.07 Å². The Hall–Kier alpha value is -2.37. The van der Waals surface area contributed by atoms with Crippen LogP contribution >= 0.6 is 0 Å². The second kappa shape index (κ2) is 5.31. The summed E-state index contributed by atoms with van der Waals surface area (Å²) < 4.78 is 1.93. The van der Waals surface area contributed by atoms with Gasteiger partial charge in [0.2, 0.25) is 0 Å². The highest BCUT2D eigenvalue weighted by molar-refractivity contribution is 5.92. The number of nitrogens with one attached hydrogen (secondary N) is 1. The fourth-order valence-electron chi connectivity index (χ4n) is 1.65. The van der Waals surface area contributed by atoms with Crippen molar-refractivity contribution in [3.63, 3.8) is 0 Å². The van der Waals surface area contributed by atoms with Gasteiger partial charge < -0.3 is 15.0 Å². The minimum Gasteiger partial charge on any atom is -0.478 e. The van der Waals surface area contributed by atoms with Crippen molar-refractivity contribution >= 4 is 11.8 Å². The van der Waals surface area contributed by atoms with E-state index in [1.54, 1.807) is 18.5 Å². The van der Waals surface area contributed by atoms with Crippen LogP contribution in [0.25, 0.3) is 0 Å². The SMILES string of the molecule is Cn1ccnc1CCNc1ncccc1C(=O)O. The first-order chi connectivity index (χ1) is 8.68. The van der Waals surface area contributed by atoms with Crippen LogP contribution in [-0.2, 0) is 13.5 Å². The lowest BCUT2D eigenvalue weighted by Crippen LogP contribution is -2.12. The molecule has 2 aromatic heterocycles. The average Bonchev–Trinajstić information content (AvgIpc) is 2.76. The van der Waals surface area contributed by atoms with Gasteiger partial charge in [0.05, 0.1) is 0 Å². The van der Waals surface area contributed by atoms with E-state index in [4.69, 9.17) is 5.11 Å². The Morgan fingerprint density at radius 2 is 2.28 bits per heavy atom. The number of hydrogen-bond acceptors (Lipinski definition) is 4. The maximum absolute atomic E-state index is 11.0. The molecule has 18 heavy (non-hydrogen) atoms. The molecule has 2 aromatic rings. The summed E-state index contributed by atoms with van der Waals surface area (Å²) >= 11 is 0. The molecule has 0 saturated heterocycles. The summed E-state index contributed by atoms with van der Waals surface area (Å²) in [6.45, 7) is 0.585. The molecule has 0 aliphatic rings. The number of hydrogen-bond donors (Lipinski definition) is 2. The number of nitrogens with zero attached hydrogens (tertiary/aromatic N) is 3. The van der Waals surface area contributed by atoms with Crippen LogP contribution in [0.15, 0.2) is 30.7 Å². The van der Waals surface area contributed by atoms with Gasteiger partial charge in [0.1, 0.15) is 17.2 Å². The third-order valence-electron chi connectivity index (χ3n) is 2.60. The molecule has 2 rings (SSSR count). The van der Waals surface area contributed by atoms with Crippen LogP contribution in [-0.4, -0.2) is 32.2 Å². The summed E-state index contributed by atoms with van der Waals surface area (Å²) in [4.78, 5) is 19.2. The van der Waals surface area contributed by atoms with Gasteiger partial charge in [-0.25, -0.2) is 14.8 Å². The Morgan fingerprint density at radius 1 is 1.44 bits per heavy atom. The van der Waals surface area contributed by atoms with Crippen molar-refractivity contribution in [2.24, 2.45) is 7.05 Å².